The lowest BCUT2D eigenvalue weighted by molar-refractivity contribution is -0.164. The minimum absolute atomic E-state index is 0.00938. The molecule has 18 heavy (non-hydrogen) atoms. The van der Waals surface area contributed by atoms with Gasteiger partial charge in [-0.3, -0.25) is 0 Å². The highest BCUT2D eigenvalue weighted by atomic mass is 32.2. The third kappa shape index (κ3) is 2.31. The van der Waals surface area contributed by atoms with Crippen LogP contribution < -0.4 is 5.14 Å². The molecule has 0 radical (unpaired) electrons. The van der Waals surface area contributed by atoms with Crippen molar-refractivity contribution in [1.82, 2.24) is 4.31 Å². The van der Waals surface area contributed by atoms with E-state index in [1.165, 1.54) is 23.6 Å². The minimum atomic E-state index is -3.60. The Labute approximate surface area is 110 Å². The molecular weight excluding hydrogens is 252 g/mol. The highest BCUT2D eigenvalue weighted by Crippen LogP contribution is 2.55. The summed E-state index contributed by atoms with van der Waals surface area (Å²) in [6, 6.07) is 0.0179. The van der Waals surface area contributed by atoms with Gasteiger partial charge < -0.3 is 4.74 Å². The molecule has 0 heterocycles. The van der Waals surface area contributed by atoms with E-state index >= 15 is 0 Å². The van der Waals surface area contributed by atoms with Crippen LogP contribution in [-0.4, -0.2) is 38.5 Å². The van der Waals surface area contributed by atoms with Crippen LogP contribution in [0.3, 0.4) is 0 Å². The number of hydrogen-bond acceptors (Lipinski definition) is 3. The number of rotatable bonds is 4. The van der Waals surface area contributed by atoms with Crippen LogP contribution in [0.25, 0.3) is 0 Å². The van der Waals surface area contributed by atoms with Crippen molar-refractivity contribution >= 4 is 10.2 Å². The number of hydrogen-bond donors (Lipinski definition) is 1. The van der Waals surface area contributed by atoms with Crippen LogP contribution in [-0.2, 0) is 14.9 Å². The standard InChI is InChI=1S/C12H24N2O3S/c1-3-17-11-9-10(14(2)18(13,15)16)12(11)7-5-4-6-8-12/h10-11H,3-9H2,1-2H3,(H2,13,15,16). The molecule has 106 valence electrons. The largest absolute Gasteiger partial charge is 0.378 e. The summed E-state index contributed by atoms with van der Waals surface area (Å²) in [6.45, 7) is 2.69. The van der Waals surface area contributed by atoms with Gasteiger partial charge in [0.1, 0.15) is 0 Å². The van der Waals surface area contributed by atoms with Crippen LogP contribution in [0, 0.1) is 5.41 Å². The van der Waals surface area contributed by atoms with Crippen molar-refractivity contribution < 1.29 is 13.2 Å². The Morgan fingerprint density at radius 3 is 2.44 bits per heavy atom. The van der Waals surface area contributed by atoms with Crippen molar-refractivity contribution in [3.05, 3.63) is 0 Å². The second-order valence-electron chi connectivity index (χ2n) is 5.55. The highest BCUT2D eigenvalue weighted by Gasteiger charge is 2.58. The first kappa shape index (κ1) is 14.2. The van der Waals surface area contributed by atoms with Gasteiger partial charge in [0.25, 0.3) is 10.2 Å². The molecule has 1 spiro atoms. The molecule has 6 heteroatoms. The van der Waals surface area contributed by atoms with Crippen molar-refractivity contribution in [1.29, 1.82) is 0 Å². The van der Waals surface area contributed by atoms with E-state index < -0.39 is 10.2 Å². The Bertz CT molecular complexity index is 390. The average molecular weight is 276 g/mol. The Kier molecular flexibility index (Phi) is 4.02. The lowest BCUT2D eigenvalue weighted by Gasteiger charge is -2.59. The minimum Gasteiger partial charge on any atom is -0.378 e. The van der Waals surface area contributed by atoms with Gasteiger partial charge in [0.05, 0.1) is 6.10 Å². The summed E-state index contributed by atoms with van der Waals surface area (Å²) in [5.74, 6) is 0. The molecule has 2 fully saturated rings. The fraction of sp³-hybridized carbons (Fsp3) is 1.00. The van der Waals surface area contributed by atoms with E-state index in [1.54, 1.807) is 7.05 Å². The molecule has 2 aliphatic rings. The van der Waals surface area contributed by atoms with Gasteiger partial charge in [0.2, 0.25) is 0 Å². The molecule has 5 nitrogen and oxygen atoms in total. The Morgan fingerprint density at radius 2 is 1.94 bits per heavy atom. The summed E-state index contributed by atoms with van der Waals surface area (Å²) in [5, 5.41) is 5.26. The van der Waals surface area contributed by atoms with Crippen molar-refractivity contribution in [2.45, 2.75) is 57.6 Å². The summed E-state index contributed by atoms with van der Waals surface area (Å²) < 4.78 is 30.2. The van der Waals surface area contributed by atoms with E-state index in [0.29, 0.717) is 6.61 Å². The second-order valence-corrected chi connectivity index (χ2v) is 7.16. The van der Waals surface area contributed by atoms with Crippen LogP contribution in [0.15, 0.2) is 0 Å². The molecule has 0 aromatic carbocycles. The maximum absolute atomic E-state index is 11.5. The van der Waals surface area contributed by atoms with Crippen molar-refractivity contribution in [3.8, 4) is 0 Å². The summed E-state index contributed by atoms with van der Waals surface area (Å²) >= 11 is 0. The maximum atomic E-state index is 11.5. The lowest BCUT2D eigenvalue weighted by atomic mass is 9.55. The monoisotopic (exact) mass is 276 g/mol. The number of nitrogens with two attached hydrogens (primary N) is 1. The summed E-state index contributed by atoms with van der Waals surface area (Å²) in [6.07, 6.45) is 6.67. The third-order valence-corrected chi connectivity index (χ3v) is 5.79. The van der Waals surface area contributed by atoms with E-state index in [4.69, 9.17) is 9.88 Å². The van der Waals surface area contributed by atoms with Gasteiger partial charge in [-0.1, -0.05) is 19.3 Å². The van der Waals surface area contributed by atoms with Gasteiger partial charge in [0, 0.05) is 25.1 Å². The molecule has 0 aliphatic heterocycles. The fourth-order valence-corrected chi connectivity index (χ4v) is 4.37. The average Bonchev–Trinajstić information content (AvgIpc) is 2.33. The molecule has 0 bridgehead atoms. The zero-order valence-corrected chi connectivity index (χ0v) is 12.1. The first-order valence-corrected chi connectivity index (χ1v) is 8.29. The zero-order valence-electron chi connectivity index (χ0n) is 11.3. The van der Waals surface area contributed by atoms with Gasteiger partial charge in [-0.2, -0.15) is 12.7 Å². The summed E-state index contributed by atoms with van der Waals surface area (Å²) in [4.78, 5) is 0. The number of ether oxygens (including phenoxy) is 1. The summed E-state index contributed by atoms with van der Waals surface area (Å²) in [7, 11) is -2.00. The van der Waals surface area contributed by atoms with Gasteiger partial charge in [-0.25, -0.2) is 5.14 Å². The third-order valence-electron chi connectivity index (χ3n) is 4.73. The second kappa shape index (κ2) is 5.07. The maximum Gasteiger partial charge on any atom is 0.276 e. The van der Waals surface area contributed by atoms with E-state index in [-0.39, 0.29) is 17.6 Å². The number of nitrogens with zero attached hydrogens (tertiary/aromatic N) is 1. The molecule has 2 saturated carbocycles. The van der Waals surface area contributed by atoms with Crippen LogP contribution in [0.5, 0.6) is 0 Å². The van der Waals surface area contributed by atoms with Crippen LogP contribution >= 0.6 is 0 Å². The van der Waals surface area contributed by atoms with Crippen LogP contribution in [0.1, 0.15) is 45.4 Å². The van der Waals surface area contributed by atoms with Crippen LogP contribution in [0.4, 0.5) is 0 Å². The van der Waals surface area contributed by atoms with Gasteiger partial charge in [-0.05, 0) is 26.2 Å². The Morgan fingerprint density at radius 1 is 1.33 bits per heavy atom. The molecule has 2 aliphatic carbocycles. The van der Waals surface area contributed by atoms with Crippen molar-refractivity contribution in [2.24, 2.45) is 10.6 Å². The van der Waals surface area contributed by atoms with Gasteiger partial charge >= 0.3 is 0 Å². The van der Waals surface area contributed by atoms with Gasteiger partial charge in [-0.15, -0.1) is 0 Å². The molecule has 0 amide bonds. The Hall–Kier alpha value is -0.170. The molecule has 2 atom stereocenters. The molecular formula is C12H24N2O3S. The van der Waals surface area contributed by atoms with Crippen molar-refractivity contribution in [3.63, 3.8) is 0 Å². The first-order chi connectivity index (χ1) is 8.42. The smallest absolute Gasteiger partial charge is 0.276 e. The lowest BCUT2D eigenvalue weighted by Crippen LogP contribution is -2.66. The van der Waals surface area contributed by atoms with Crippen molar-refractivity contribution in [2.75, 3.05) is 13.7 Å². The van der Waals surface area contributed by atoms with E-state index in [9.17, 15) is 8.42 Å². The Balaban J connectivity index is 2.17. The van der Waals surface area contributed by atoms with Crippen LogP contribution in [0.2, 0.25) is 0 Å². The zero-order chi connectivity index (χ0) is 13.4. The molecule has 0 aromatic rings. The summed E-state index contributed by atoms with van der Waals surface area (Å²) in [5.41, 5.74) is 0.00938. The van der Waals surface area contributed by atoms with Gasteiger partial charge in [0.15, 0.2) is 0 Å². The quantitative estimate of drug-likeness (QED) is 0.840. The van der Waals surface area contributed by atoms with E-state index in [1.807, 2.05) is 6.92 Å². The molecule has 0 aromatic heterocycles. The van der Waals surface area contributed by atoms with E-state index in [2.05, 4.69) is 0 Å². The molecule has 0 saturated heterocycles. The SMILES string of the molecule is CCOC1CC(N(C)S(N)(=O)=O)C12CCCCC2. The predicted octanol–water partition coefficient (Wildman–Crippen LogP) is 1.25. The molecule has 2 N–H and O–H groups in total. The molecule has 2 unspecified atom stereocenters. The van der Waals surface area contributed by atoms with E-state index in [0.717, 1.165) is 19.3 Å². The first-order valence-electron chi connectivity index (χ1n) is 6.79. The molecule has 2 rings (SSSR count). The normalized spacial score (nSPS) is 31.6. The highest BCUT2D eigenvalue weighted by molar-refractivity contribution is 7.86. The fourth-order valence-electron chi connectivity index (χ4n) is 3.71. The predicted molar refractivity (Wildman–Crippen MR) is 70.2 cm³/mol. The topological polar surface area (TPSA) is 72.6 Å².